The van der Waals surface area contributed by atoms with Crippen LogP contribution in [0.25, 0.3) is 11.0 Å². The smallest absolute Gasteiger partial charge is 0.428 e. The van der Waals surface area contributed by atoms with Crippen LogP contribution in [-0.2, 0) is 11.2 Å². The Bertz CT molecular complexity index is 680. The van der Waals surface area contributed by atoms with Gasteiger partial charge < -0.3 is 9.84 Å². The molecule has 0 bridgehead atoms. The van der Waals surface area contributed by atoms with Gasteiger partial charge in [-0.1, -0.05) is 12.1 Å². The minimum atomic E-state index is -0.880. The zero-order valence-corrected chi connectivity index (χ0v) is 13.5. The van der Waals surface area contributed by atoms with E-state index in [0.717, 1.165) is 5.56 Å². The number of hydrogen-bond acceptors (Lipinski definition) is 5. The zero-order valence-electron chi connectivity index (χ0n) is 13.5. The van der Waals surface area contributed by atoms with Gasteiger partial charge in [0.1, 0.15) is 16.6 Å². The van der Waals surface area contributed by atoms with Crippen LogP contribution in [0.1, 0.15) is 40.2 Å². The van der Waals surface area contributed by atoms with Crippen molar-refractivity contribution < 1.29 is 14.6 Å². The summed E-state index contributed by atoms with van der Waals surface area (Å²) in [6.45, 7) is 8.80. The summed E-state index contributed by atoms with van der Waals surface area (Å²) in [4.78, 5) is 13.2. The summed E-state index contributed by atoms with van der Waals surface area (Å²) in [5, 5.41) is 18.0. The topological polar surface area (TPSA) is 89.3 Å². The van der Waals surface area contributed by atoms with E-state index in [1.807, 2.05) is 12.1 Å². The quantitative estimate of drug-likeness (QED) is 0.907. The van der Waals surface area contributed by atoms with Gasteiger partial charge in [0.2, 0.25) is 0 Å². The number of amides is 1. The first-order chi connectivity index (χ1) is 10.1. The molecule has 0 aliphatic heterocycles. The molecule has 0 aliphatic carbocycles. The van der Waals surface area contributed by atoms with Crippen LogP contribution in [0.15, 0.2) is 18.2 Å². The Morgan fingerprint density at radius 3 is 2.59 bits per heavy atom. The van der Waals surface area contributed by atoms with E-state index in [9.17, 15) is 9.90 Å². The van der Waals surface area contributed by atoms with Crippen molar-refractivity contribution in [2.45, 2.75) is 52.2 Å². The third kappa shape index (κ3) is 4.17. The Hall–Kier alpha value is -2.15. The molecule has 0 spiro atoms. The number of aromatic nitrogens is 3. The minimum absolute atomic E-state index is 0.410. The molecular formula is C15H22N4O3. The zero-order chi connectivity index (χ0) is 16.5. The predicted molar refractivity (Wildman–Crippen MR) is 83.1 cm³/mol. The summed E-state index contributed by atoms with van der Waals surface area (Å²) in [5.41, 5.74) is 3.19. The van der Waals surface area contributed by atoms with E-state index >= 15 is 0 Å². The van der Waals surface area contributed by atoms with E-state index in [-0.39, 0.29) is 0 Å². The van der Waals surface area contributed by atoms with Crippen molar-refractivity contribution >= 4 is 17.1 Å². The Morgan fingerprint density at radius 1 is 1.32 bits per heavy atom. The Morgan fingerprint density at radius 2 is 2.00 bits per heavy atom. The normalized spacial score (nSPS) is 12.5. The van der Waals surface area contributed by atoms with E-state index < -0.39 is 17.3 Å². The van der Waals surface area contributed by atoms with Gasteiger partial charge in [-0.2, -0.15) is 0 Å². The van der Waals surface area contributed by atoms with Crippen LogP contribution < -0.4 is 5.43 Å². The van der Waals surface area contributed by atoms with E-state index in [2.05, 4.69) is 15.7 Å². The highest BCUT2D eigenvalue weighted by Crippen LogP contribution is 2.21. The number of carbonyl (C=O) groups is 1. The fourth-order valence-electron chi connectivity index (χ4n) is 2.11. The number of hydrogen-bond donors (Lipinski definition) is 2. The molecule has 7 heteroatoms. The number of nitrogens with zero attached hydrogens (tertiary/aromatic N) is 3. The van der Waals surface area contributed by atoms with E-state index in [0.29, 0.717) is 17.5 Å². The van der Waals surface area contributed by atoms with Gasteiger partial charge in [0.15, 0.2) is 0 Å². The first kappa shape index (κ1) is 16.2. The first-order valence-corrected chi connectivity index (χ1v) is 7.11. The van der Waals surface area contributed by atoms with E-state index in [4.69, 9.17) is 4.74 Å². The monoisotopic (exact) mass is 306 g/mol. The van der Waals surface area contributed by atoms with Gasteiger partial charge in [-0.25, -0.2) is 10.2 Å². The number of aliphatic hydroxyl groups is 1. The van der Waals surface area contributed by atoms with Crippen LogP contribution in [0.2, 0.25) is 0 Å². The van der Waals surface area contributed by atoms with Gasteiger partial charge in [0.25, 0.3) is 0 Å². The van der Waals surface area contributed by atoms with Gasteiger partial charge in [-0.3, -0.25) is 0 Å². The molecule has 2 N–H and O–H groups in total. The Labute approximate surface area is 129 Å². The molecule has 1 amide bonds. The summed E-state index contributed by atoms with van der Waals surface area (Å²) in [6, 6.07) is 5.51. The van der Waals surface area contributed by atoms with Gasteiger partial charge in [-0.15, -0.1) is 9.89 Å². The highest BCUT2D eigenvalue weighted by Gasteiger charge is 2.21. The van der Waals surface area contributed by atoms with Crippen molar-refractivity contribution in [3.8, 4) is 0 Å². The van der Waals surface area contributed by atoms with Crippen LogP contribution in [0.4, 0.5) is 4.79 Å². The molecule has 7 nitrogen and oxygen atoms in total. The van der Waals surface area contributed by atoms with Gasteiger partial charge in [-0.05, 0) is 51.5 Å². The molecule has 0 fully saturated rings. The fourth-order valence-corrected chi connectivity index (χ4v) is 2.11. The van der Waals surface area contributed by atoms with Crippen molar-refractivity contribution in [1.29, 1.82) is 0 Å². The number of benzene rings is 1. The number of ether oxygens (including phenoxy) is 1. The summed E-state index contributed by atoms with van der Waals surface area (Å²) >= 11 is 0. The molecule has 0 radical (unpaired) electrons. The number of fused-ring (bicyclic) bond motifs is 1. The number of carbonyl (C=O) groups excluding carboxylic acids is 1. The molecule has 1 aromatic heterocycles. The Balaban J connectivity index is 2.33. The summed E-state index contributed by atoms with van der Waals surface area (Å²) in [6.07, 6.45) is -0.203. The molecule has 0 atom stereocenters. The molecule has 1 heterocycles. The van der Waals surface area contributed by atoms with Crippen molar-refractivity contribution in [1.82, 2.24) is 15.1 Å². The van der Waals surface area contributed by atoms with E-state index in [1.165, 1.54) is 4.79 Å². The summed E-state index contributed by atoms with van der Waals surface area (Å²) in [5.74, 6) is 0. The third-order valence-corrected chi connectivity index (χ3v) is 2.77. The van der Waals surface area contributed by atoms with Crippen LogP contribution in [0, 0.1) is 0 Å². The lowest BCUT2D eigenvalue weighted by Crippen LogP contribution is -2.32. The lowest BCUT2D eigenvalue weighted by molar-refractivity contribution is 0.0610. The number of rotatable bonds is 3. The molecular weight excluding hydrogens is 284 g/mol. The lowest BCUT2D eigenvalue weighted by atomic mass is 9.98. The second kappa shape index (κ2) is 5.57. The maximum Gasteiger partial charge on any atom is 0.428 e. The van der Waals surface area contributed by atoms with E-state index in [1.54, 1.807) is 40.7 Å². The van der Waals surface area contributed by atoms with Crippen molar-refractivity contribution in [3.05, 3.63) is 23.8 Å². The van der Waals surface area contributed by atoms with Gasteiger partial charge >= 0.3 is 6.09 Å². The molecule has 2 aromatic rings. The molecule has 0 aliphatic rings. The van der Waals surface area contributed by atoms with Crippen LogP contribution in [0.5, 0.6) is 0 Å². The van der Waals surface area contributed by atoms with Crippen molar-refractivity contribution in [2.24, 2.45) is 0 Å². The number of para-hydroxylation sites is 1. The minimum Gasteiger partial charge on any atom is -0.443 e. The maximum absolute atomic E-state index is 11.9. The molecule has 1 aromatic carbocycles. The lowest BCUT2D eigenvalue weighted by Gasteiger charge is -2.20. The fraction of sp³-hybridized carbons (Fsp3) is 0.533. The molecule has 0 saturated heterocycles. The van der Waals surface area contributed by atoms with Crippen LogP contribution >= 0.6 is 0 Å². The predicted octanol–water partition coefficient (Wildman–Crippen LogP) is 2.22. The highest BCUT2D eigenvalue weighted by molar-refractivity contribution is 5.83. The maximum atomic E-state index is 11.9. The second-order valence-electron chi connectivity index (χ2n) is 6.89. The average molecular weight is 306 g/mol. The van der Waals surface area contributed by atoms with Crippen LogP contribution in [-0.4, -0.2) is 37.5 Å². The summed E-state index contributed by atoms with van der Waals surface area (Å²) in [7, 11) is 0. The molecule has 120 valence electrons. The SMILES string of the molecule is CC(C)(O)Cc1cccc2nnn(NC(=O)OC(C)(C)C)c12. The van der Waals surface area contributed by atoms with Gasteiger partial charge in [0, 0.05) is 6.42 Å². The average Bonchev–Trinajstić information content (AvgIpc) is 2.69. The standard InChI is InChI=1S/C15H22N4O3/c1-14(2,3)22-13(20)17-19-12-10(9-15(4,5)21)7-6-8-11(12)16-18-19/h6-8,21H,9H2,1-5H3,(H,17,20). The second-order valence-corrected chi connectivity index (χ2v) is 6.89. The molecule has 0 saturated carbocycles. The first-order valence-electron chi connectivity index (χ1n) is 7.11. The molecule has 22 heavy (non-hydrogen) atoms. The molecule has 0 unspecified atom stereocenters. The Kier molecular flexibility index (Phi) is 4.10. The van der Waals surface area contributed by atoms with Crippen LogP contribution in [0.3, 0.4) is 0 Å². The summed E-state index contributed by atoms with van der Waals surface area (Å²) < 4.78 is 5.21. The third-order valence-electron chi connectivity index (χ3n) is 2.77. The largest absolute Gasteiger partial charge is 0.443 e. The molecule has 2 rings (SSSR count). The highest BCUT2D eigenvalue weighted by atomic mass is 16.6. The van der Waals surface area contributed by atoms with Crippen molar-refractivity contribution in [2.75, 3.05) is 5.43 Å². The van der Waals surface area contributed by atoms with Gasteiger partial charge in [0.05, 0.1) is 5.60 Å². The van der Waals surface area contributed by atoms with Crippen molar-refractivity contribution in [3.63, 3.8) is 0 Å². The number of nitrogens with one attached hydrogen (secondary N) is 1.